The van der Waals surface area contributed by atoms with Crippen LogP contribution in [-0.2, 0) is 9.08 Å². The third-order valence-corrected chi connectivity index (χ3v) is 0.326. The van der Waals surface area contributed by atoms with Crippen LogP contribution in [0.1, 0.15) is 20.8 Å². The minimum absolute atomic E-state index is 0.480. The van der Waals surface area contributed by atoms with E-state index in [2.05, 4.69) is 16.2 Å². The monoisotopic (exact) mass is 206 g/mol. The minimum atomic E-state index is -0.556. The van der Waals surface area contributed by atoms with E-state index in [4.69, 9.17) is 23.2 Å². The smallest absolute Gasteiger partial charge is 0.321 e. The molecule has 62 valence electrons. The van der Waals surface area contributed by atoms with Gasteiger partial charge in [0.15, 0.2) is 0 Å². The fraction of sp³-hybridized carbons (Fsp3) is 0.800. The summed E-state index contributed by atoms with van der Waals surface area (Å²) in [6.07, 6.45) is 0. The fourth-order valence-corrected chi connectivity index (χ4v) is 0. The summed E-state index contributed by atoms with van der Waals surface area (Å²) in [5.41, 5.74) is 0. The van der Waals surface area contributed by atoms with Crippen molar-refractivity contribution in [3.05, 3.63) is 0 Å². The lowest BCUT2D eigenvalue weighted by Crippen LogP contribution is -1.93. The predicted molar refractivity (Wildman–Crippen MR) is 43.4 cm³/mol. The Balaban J connectivity index is 0. The summed E-state index contributed by atoms with van der Waals surface area (Å²) in [5, 5.41) is 0. The van der Waals surface area contributed by atoms with Gasteiger partial charge in [-0.1, -0.05) is 0 Å². The standard InChI is InChI=1S/C3H6Cl2.C2H3ClO2/c1-3(2,4)5;1-2(4)5-3/h1-2H3;1H3. The van der Waals surface area contributed by atoms with Crippen molar-refractivity contribution in [1.29, 1.82) is 0 Å². The SMILES string of the molecule is CC(=O)OCl.CC(C)(Cl)Cl. The summed E-state index contributed by atoms with van der Waals surface area (Å²) in [6, 6.07) is 0. The van der Waals surface area contributed by atoms with Gasteiger partial charge < -0.3 is 4.29 Å². The van der Waals surface area contributed by atoms with E-state index < -0.39 is 10.3 Å². The first-order valence-electron chi connectivity index (χ1n) is 2.44. The Hall–Kier alpha value is 0.340. The molecule has 0 rings (SSSR count). The van der Waals surface area contributed by atoms with Crippen molar-refractivity contribution in [2.45, 2.75) is 25.1 Å². The maximum absolute atomic E-state index is 9.46. The van der Waals surface area contributed by atoms with Crippen LogP contribution in [0.2, 0.25) is 0 Å². The zero-order valence-electron chi connectivity index (χ0n) is 5.95. The van der Waals surface area contributed by atoms with Gasteiger partial charge in [-0.05, 0) is 13.8 Å². The van der Waals surface area contributed by atoms with Gasteiger partial charge in [-0.3, -0.25) is 4.79 Å². The van der Waals surface area contributed by atoms with Gasteiger partial charge in [-0.15, -0.1) is 23.2 Å². The molecule has 0 N–H and O–H groups in total. The normalized spacial score (nSPS) is 9.40. The van der Waals surface area contributed by atoms with Crippen molar-refractivity contribution < 1.29 is 9.08 Å². The minimum Gasteiger partial charge on any atom is -0.348 e. The van der Waals surface area contributed by atoms with E-state index in [0.29, 0.717) is 0 Å². The average Bonchev–Trinajstić information content (AvgIpc) is 1.61. The number of hydrogen-bond donors (Lipinski definition) is 0. The Labute approximate surface area is 75.6 Å². The van der Waals surface area contributed by atoms with E-state index in [0.717, 1.165) is 0 Å². The Morgan fingerprint density at radius 1 is 1.40 bits per heavy atom. The average molecular weight is 207 g/mol. The molecule has 0 aliphatic carbocycles. The molecule has 0 bridgehead atoms. The molecule has 0 saturated carbocycles. The van der Waals surface area contributed by atoms with Crippen LogP contribution < -0.4 is 0 Å². The number of alkyl halides is 2. The molecule has 0 aliphatic heterocycles. The van der Waals surface area contributed by atoms with Crippen LogP contribution in [0.25, 0.3) is 0 Å². The van der Waals surface area contributed by atoms with Crippen LogP contribution in [0, 0.1) is 0 Å². The number of halogens is 3. The van der Waals surface area contributed by atoms with Crippen LogP contribution >= 0.6 is 35.1 Å². The third kappa shape index (κ3) is 82.1. The van der Waals surface area contributed by atoms with Crippen LogP contribution in [-0.4, -0.2) is 10.3 Å². The molecule has 0 atom stereocenters. The van der Waals surface area contributed by atoms with Gasteiger partial charge in [0.05, 0.1) is 0 Å². The van der Waals surface area contributed by atoms with Gasteiger partial charge >= 0.3 is 5.97 Å². The summed E-state index contributed by atoms with van der Waals surface area (Å²) in [7, 11) is 0. The molecule has 0 aromatic heterocycles. The third-order valence-electron chi connectivity index (χ3n) is 0.109. The largest absolute Gasteiger partial charge is 0.348 e. The molecular weight excluding hydrogens is 198 g/mol. The molecule has 0 unspecified atom stereocenters. The zero-order valence-corrected chi connectivity index (χ0v) is 8.22. The molecule has 0 heterocycles. The summed E-state index contributed by atoms with van der Waals surface area (Å²) in [4.78, 5) is 9.46. The van der Waals surface area contributed by atoms with E-state index in [9.17, 15) is 4.79 Å². The first-order valence-corrected chi connectivity index (χ1v) is 3.51. The summed E-state index contributed by atoms with van der Waals surface area (Å²) < 4.78 is 3.03. The predicted octanol–water partition coefficient (Wildman–Crippen LogP) is 2.90. The highest BCUT2D eigenvalue weighted by molar-refractivity contribution is 6.47. The summed E-state index contributed by atoms with van der Waals surface area (Å²) >= 11 is 15.1. The molecule has 0 aliphatic rings. The van der Waals surface area contributed by atoms with Gasteiger partial charge in [0.2, 0.25) is 0 Å². The van der Waals surface area contributed by atoms with E-state index in [1.54, 1.807) is 13.8 Å². The lowest BCUT2D eigenvalue weighted by Gasteiger charge is -1.98. The number of carbonyl (C=O) groups is 1. The second-order valence-corrected chi connectivity index (χ2v) is 4.13. The first kappa shape index (κ1) is 13.0. The Morgan fingerprint density at radius 3 is 1.50 bits per heavy atom. The van der Waals surface area contributed by atoms with Gasteiger partial charge in [0, 0.05) is 6.92 Å². The van der Waals surface area contributed by atoms with Crippen molar-refractivity contribution in [3.63, 3.8) is 0 Å². The lowest BCUT2D eigenvalue weighted by atomic mass is 10.6. The highest BCUT2D eigenvalue weighted by Gasteiger charge is 2.03. The fourth-order valence-electron chi connectivity index (χ4n) is 0. The Kier molecular flexibility index (Phi) is 7.88. The number of carbonyl (C=O) groups excluding carboxylic acids is 1. The highest BCUT2D eigenvalue weighted by atomic mass is 35.5. The van der Waals surface area contributed by atoms with E-state index in [-0.39, 0.29) is 0 Å². The van der Waals surface area contributed by atoms with Crippen LogP contribution in [0.5, 0.6) is 0 Å². The number of rotatable bonds is 0. The maximum Gasteiger partial charge on any atom is 0.321 e. The van der Waals surface area contributed by atoms with E-state index in [1.165, 1.54) is 6.92 Å². The molecule has 0 radical (unpaired) electrons. The van der Waals surface area contributed by atoms with E-state index in [1.807, 2.05) is 0 Å². The molecule has 0 aromatic rings. The van der Waals surface area contributed by atoms with E-state index >= 15 is 0 Å². The number of hydrogen-bond acceptors (Lipinski definition) is 2. The second-order valence-electron chi connectivity index (χ2n) is 1.90. The maximum atomic E-state index is 9.46. The molecule has 0 fully saturated rings. The summed E-state index contributed by atoms with van der Waals surface area (Å²) in [5.74, 6) is -0.480. The zero-order chi connectivity index (χ0) is 8.78. The van der Waals surface area contributed by atoms with Gasteiger partial charge in [-0.2, -0.15) is 0 Å². The second kappa shape index (κ2) is 6.08. The molecule has 0 aromatic carbocycles. The molecule has 10 heavy (non-hydrogen) atoms. The summed E-state index contributed by atoms with van der Waals surface area (Å²) in [6.45, 7) is 4.67. The van der Waals surface area contributed by atoms with Gasteiger partial charge in [0.1, 0.15) is 16.2 Å². The van der Waals surface area contributed by atoms with Crippen LogP contribution in [0.3, 0.4) is 0 Å². The highest BCUT2D eigenvalue weighted by Crippen LogP contribution is 2.16. The molecule has 0 spiro atoms. The molecule has 0 saturated heterocycles. The van der Waals surface area contributed by atoms with Crippen LogP contribution in [0.4, 0.5) is 0 Å². The molecule has 2 nitrogen and oxygen atoms in total. The first-order chi connectivity index (χ1) is 4.27. The van der Waals surface area contributed by atoms with Crippen molar-refractivity contribution in [2.75, 3.05) is 0 Å². The molecule has 5 heteroatoms. The topological polar surface area (TPSA) is 26.3 Å². The Morgan fingerprint density at radius 2 is 1.50 bits per heavy atom. The Bertz CT molecular complexity index is 91.6. The van der Waals surface area contributed by atoms with Gasteiger partial charge in [0.25, 0.3) is 0 Å². The van der Waals surface area contributed by atoms with Crippen molar-refractivity contribution in [3.8, 4) is 0 Å². The van der Waals surface area contributed by atoms with Crippen molar-refractivity contribution >= 4 is 41.0 Å². The quantitative estimate of drug-likeness (QED) is 0.571. The molecular formula is C5H9Cl3O2. The van der Waals surface area contributed by atoms with Crippen molar-refractivity contribution in [1.82, 2.24) is 0 Å². The van der Waals surface area contributed by atoms with Crippen LogP contribution in [0.15, 0.2) is 0 Å². The van der Waals surface area contributed by atoms with Gasteiger partial charge in [-0.25, -0.2) is 0 Å². The van der Waals surface area contributed by atoms with Crippen molar-refractivity contribution in [2.24, 2.45) is 0 Å². The molecule has 0 amide bonds. The lowest BCUT2D eigenvalue weighted by molar-refractivity contribution is -0.131.